The van der Waals surface area contributed by atoms with E-state index in [0.29, 0.717) is 11.0 Å². The van der Waals surface area contributed by atoms with Gasteiger partial charge < -0.3 is 11.1 Å². The number of hydrogen-bond acceptors (Lipinski definition) is 3. The van der Waals surface area contributed by atoms with Crippen LogP contribution in [0.5, 0.6) is 0 Å². The van der Waals surface area contributed by atoms with Crippen molar-refractivity contribution in [3.05, 3.63) is 29.3 Å². The monoisotopic (exact) mass is 277 g/mol. The summed E-state index contributed by atoms with van der Waals surface area (Å²) in [4.78, 5) is 2.93. The van der Waals surface area contributed by atoms with E-state index in [0.717, 1.165) is 29.4 Å². The molecule has 0 amide bonds. The fraction of sp³-hybridized carbons (Fsp3) is 0.533. The number of thiocarbonyl (C=S) groups is 1. The third-order valence-electron chi connectivity index (χ3n) is 3.91. The van der Waals surface area contributed by atoms with Gasteiger partial charge in [-0.2, -0.15) is 0 Å². The van der Waals surface area contributed by atoms with Crippen molar-refractivity contribution in [3.8, 4) is 0 Å². The van der Waals surface area contributed by atoms with E-state index >= 15 is 0 Å². The second-order valence-electron chi connectivity index (χ2n) is 5.52. The number of nitrogens with two attached hydrogens (primary N) is 1. The third kappa shape index (κ3) is 3.67. The van der Waals surface area contributed by atoms with Gasteiger partial charge >= 0.3 is 0 Å². The van der Waals surface area contributed by atoms with Crippen molar-refractivity contribution < 1.29 is 0 Å². The highest BCUT2D eigenvalue weighted by molar-refractivity contribution is 7.80. The lowest BCUT2D eigenvalue weighted by Gasteiger charge is -2.25. The Hall–Kier alpha value is -1.13. The van der Waals surface area contributed by atoms with Crippen LogP contribution in [0.25, 0.3) is 0 Å². The molecule has 0 aliphatic heterocycles. The number of aryl methyl sites for hydroxylation is 1. The molecule has 0 radical (unpaired) electrons. The molecule has 1 aliphatic rings. The first kappa shape index (κ1) is 14.3. The number of anilines is 1. The lowest BCUT2D eigenvalue weighted by atomic mass is 10.1. The largest absolute Gasteiger partial charge is 0.389 e. The Balaban J connectivity index is 1.92. The molecule has 1 unspecified atom stereocenters. The summed E-state index contributed by atoms with van der Waals surface area (Å²) in [6.07, 6.45) is 2.70. The fourth-order valence-electron chi connectivity index (χ4n) is 2.30. The zero-order valence-electron chi connectivity index (χ0n) is 11.9. The molecule has 1 aliphatic carbocycles. The summed E-state index contributed by atoms with van der Waals surface area (Å²) in [5.41, 5.74) is 8.89. The summed E-state index contributed by atoms with van der Waals surface area (Å²) >= 11 is 5.02. The number of benzene rings is 1. The Morgan fingerprint density at radius 3 is 2.74 bits per heavy atom. The molecule has 4 heteroatoms. The van der Waals surface area contributed by atoms with E-state index < -0.39 is 0 Å². The molecule has 0 aromatic heterocycles. The highest BCUT2D eigenvalue weighted by atomic mass is 32.1. The van der Waals surface area contributed by atoms with Crippen LogP contribution in [0.3, 0.4) is 0 Å². The Kier molecular flexibility index (Phi) is 4.42. The van der Waals surface area contributed by atoms with E-state index in [1.807, 2.05) is 19.1 Å². The van der Waals surface area contributed by atoms with Crippen LogP contribution in [-0.4, -0.2) is 35.6 Å². The van der Waals surface area contributed by atoms with E-state index in [2.05, 4.69) is 30.3 Å². The maximum Gasteiger partial charge on any atom is 0.104 e. The van der Waals surface area contributed by atoms with Crippen molar-refractivity contribution in [2.24, 2.45) is 5.73 Å². The molecule has 1 atom stereocenters. The van der Waals surface area contributed by atoms with Gasteiger partial charge in [0.05, 0.1) is 0 Å². The molecule has 0 saturated heterocycles. The van der Waals surface area contributed by atoms with Crippen LogP contribution in [0.1, 0.15) is 30.9 Å². The molecule has 3 N–H and O–H groups in total. The van der Waals surface area contributed by atoms with Crippen LogP contribution in [0.15, 0.2) is 18.2 Å². The summed E-state index contributed by atoms with van der Waals surface area (Å²) < 4.78 is 0. The molecule has 1 aromatic carbocycles. The van der Waals surface area contributed by atoms with Crippen molar-refractivity contribution in [2.45, 2.75) is 38.8 Å². The summed E-state index contributed by atoms with van der Waals surface area (Å²) in [5, 5.41) is 3.49. The molecular weight excluding hydrogens is 254 g/mol. The number of rotatable bonds is 6. The number of nitrogens with one attached hydrogen (secondary N) is 1. The quantitative estimate of drug-likeness (QED) is 0.784. The Labute approximate surface area is 121 Å². The van der Waals surface area contributed by atoms with E-state index in [-0.39, 0.29) is 0 Å². The smallest absolute Gasteiger partial charge is 0.104 e. The molecule has 1 saturated carbocycles. The first-order valence-electron chi connectivity index (χ1n) is 6.85. The minimum Gasteiger partial charge on any atom is -0.389 e. The molecule has 0 bridgehead atoms. The van der Waals surface area contributed by atoms with Crippen LogP contribution >= 0.6 is 12.2 Å². The molecule has 1 aromatic rings. The lowest BCUT2D eigenvalue weighted by molar-refractivity contribution is 0.257. The summed E-state index contributed by atoms with van der Waals surface area (Å²) in [6.45, 7) is 5.26. The van der Waals surface area contributed by atoms with Gasteiger partial charge in [0.15, 0.2) is 0 Å². The number of hydrogen-bond donors (Lipinski definition) is 2. The molecule has 0 heterocycles. The molecule has 1 fully saturated rings. The molecule has 104 valence electrons. The first-order valence-corrected chi connectivity index (χ1v) is 7.26. The molecular formula is C15H23N3S. The zero-order valence-corrected chi connectivity index (χ0v) is 12.8. The van der Waals surface area contributed by atoms with E-state index in [4.69, 9.17) is 18.0 Å². The van der Waals surface area contributed by atoms with Crippen LogP contribution in [0.4, 0.5) is 5.69 Å². The number of nitrogens with zero attached hydrogens (tertiary/aromatic N) is 1. The summed E-state index contributed by atoms with van der Waals surface area (Å²) in [6, 6.07) is 7.50. The lowest BCUT2D eigenvalue weighted by Crippen LogP contribution is -2.36. The average Bonchev–Trinajstić information content (AvgIpc) is 3.18. The fourth-order valence-corrected chi connectivity index (χ4v) is 2.53. The summed E-state index contributed by atoms with van der Waals surface area (Å²) in [7, 11) is 2.21. The third-order valence-corrected chi connectivity index (χ3v) is 4.13. The van der Waals surface area contributed by atoms with Gasteiger partial charge in [-0.3, -0.25) is 4.90 Å². The van der Waals surface area contributed by atoms with Gasteiger partial charge in [-0.25, -0.2) is 0 Å². The van der Waals surface area contributed by atoms with Gasteiger partial charge in [0.2, 0.25) is 0 Å². The predicted molar refractivity (Wildman–Crippen MR) is 85.8 cm³/mol. The van der Waals surface area contributed by atoms with Crippen molar-refractivity contribution >= 4 is 22.9 Å². The zero-order chi connectivity index (χ0) is 14.0. The Bertz CT molecular complexity index is 468. The minimum absolute atomic E-state index is 0.464. The van der Waals surface area contributed by atoms with Gasteiger partial charge in [0, 0.05) is 29.9 Å². The summed E-state index contributed by atoms with van der Waals surface area (Å²) in [5.74, 6) is 0. The van der Waals surface area contributed by atoms with Crippen molar-refractivity contribution in [2.75, 3.05) is 18.9 Å². The topological polar surface area (TPSA) is 41.3 Å². The standard InChI is InChI=1S/C15H23N3S/c1-10-8-12(4-7-14(10)15(16)19)17-9-11(2)18(3)13-5-6-13/h4,7-8,11,13,17H,5-6,9H2,1-3H3,(H2,16,19). The van der Waals surface area contributed by atoms with Gasteiger partial charge in [0.1, 0.15) is 4.99 Å². The van der Waals surface area contributed by atoms with Crippen LogP contribution in [-0.2, 0) is 0 Å². The van der Waals surface area contributed by atoms with E-state index in [9.17, 15) is 0 Å². The van der Waals surface area contributed by atoms with Gasteiger partial charge in [-0.1, -0.05) is 12.2 Å². The van der Waals surface area contributed by atoms with E-state index in [1.54, 1.807) is 0 Å². The van der Waals surface area contributed by atoms with Gasteiger partial charge in [0.25, 0.3) is 0 Å². The normalized spacial score (nSPS) is 16.4. The average molecular weight is 277 g/mol. The van der Waals surface area contributed by atoms with Crippen molar-refractivity contribution in [3.63, 3.8) is 0 Å². The maximum atomic E-state index is 5.67. The Morgan fingerprint density at radius 1 is 1.53 bits per heavy atom. The van der Waals surface area contributed by atoms with Crippen LogP contribution in [0, 0.1) is 6.92 Å². The molecule has 19 heavy (non-hydrogen) atoms. The van der Waals surface area contributed by atoms with E-state index in [1.165, 1.54) is 12.8 Å². The second-order valence-corrected chi connectivity index (χ2v) is 5.96. The SMILES string of the molecule is Cc1cc(NCC(C)N(C)C2CC2)ccc1C(N)=S. The van der Waals surface area contributed by atoms with Crippen LogP contribution < -0.4 is 11.1 Å². The number of likely N-dealkylation sites (N-methyl/N-ethyl adjacent to an activating group) is 1. The highest BCUT2D eigenvalue weighted by Gasteiger charge is 2.28. The first-order chi connectivity index (χ1) is 8.99. The van der Waals surface area contributed by atoms with Crippen molar-refractivity contribution in [1.82, 2.24) is 4.90 Å². The highest BCUT2D eigenvalue weighted by Crippen LogP contribution is 2.27. The van der Waals surface area contributed by atoms with Crippen molar-refractivity contribution in [1.29, 1.82) is 0 Å². The minimum atomic E-state index is 0.464. The van der Waals surface area contributed by atoms with Gasteiger partial charge in [-0.15, -0.1) is 0 Å². The van der Waals surface area contributed by atoms with Crippen LogP contribution in [0.2, 0.25) is 0 Å². The molecule has 0 spiro atoms. The molecule has 3 nitrogen and oxygen atoms in total. The second kappa shape index (κ2) is 5.88. The van der Waals surface area contributed by atoms with Gasteiger partial charge in [-0.05, 0) is 57.5 Å². The molecule has 2 rings (SSSR count). The predicted octanol–water partition coefficient (Wildman–Crippen LogP) is 2.52. The Morgan fingerprint density at radius 2 is 2.21 bits per heavy atom. The maximum absolute atomic E-state index is 5.67.